The number of amides is 1. The maximum atomic E-state index is 12.3. The van der Waals surface area contributed by atoms with Gasteiger partial charge in [-0.1, -0.05) is 18.2 Å². The lowest BCUT2D eigenvalue weighted by Gasteiger charge is -2.22. The summed E-state index contributed by atoms with van der Waals surface area (Å²) in [6.07, 6.45) is 3.12. The molecular formula is C15H15N3O2S. The third-order valence-corrected chi connectivity index (χ3v) is 4.57. The summed E-state index contributed by atoms with van der Waals surface area (Å²) in [4.78, 5) is 28.7. The first-order valence-electron chi connectivity index (χ1n) is 6.76. The Labute approximate surface area is 126 Å². The molecule has 0 aliphatic heterocycles. The minimum atomic E-state index is -0.205. The number of carbonyl (C=O) groups excluding carboxylic acids is 2. The number of aryl methyl sites for hydroxylation is 1. The highest BCUT2D eigenvalue weighted by Gasteiger charge is 2.24. The van der Waals surface area contributed by atoms with Crippen molar-refractivity contribution in [2.45, 2.75) is 25.3 Å². The Morgan fingerprint density at radius 1 is 1.43 bits per heavy atom. The van der Waals surface area contributed by atoms with Crippen LogP contribution in [0.25, 0.3) is 0 Å². The van der Waals surface area contributed by atoms with E-state index in [1.807, 2.05) is 0 Å². The Kier molecular flexibility index (Phi) is 3.70. The molecule has 3 rings (SSSR count). The second-order valence-corrected chi connectivity index (χ2v) is 6.16. The number of nitrogens with two attached hydrogens (primary N) is 1. The minimum Gasteiger partial charge on any atom is -0.375 e. The fourth-order valence-corrected chi connectivity index (χ4v) is 3.55. The molecule has 0 saturated heterocycles. The molecule has 2 aromatic rings. The van der Waals surface area contributed by atoms with Crippen molar-refractivity contribution in [3.05, 3.63) is 46.0 Å². The van der Waals surface area contributed by atoms with Crippen LogP contribution in [-0.2, 0) is 12.8 Å². The Morgan fingerprint density at radius 3 is 3.05 bits per heavy atom. The molecule has 1 heterocycles. The van der Waals surface area contributed by atoms with Gasteiger partial charge in [-0.3, -0.25) is 9.59 Å². The second kappa shape index (κ2) is 5.65. The zero-order chi connectivity index (χ0) is 14.8. The zero-order valence-electron chi connectivity index (χ0n) is 11.3. The Hall–Kier alpha value is -2.21. The number of aromatic nitrogens is 1. The first kappa shape index (κ1) is 13.8. The summed E-state index contributed by atoms with van der Waals surface area (Å²) in [5.74, 6) is -0.205. The molecule has 108 valence electrons. The third kappa shape index (κ3) is 2.80. The van der Waals surface area contributed by atoms with Crippen LogP contribution in [0.4, 0.5) is 5.13 Å². The van der Waals surface area contributed by atoms with Crippen molar-refractivity contribution < 1.29 is 9.59 Å². The molecule has 1 aromatic heterocycles. The lowest BCUT2D eigenvalue weighted by Crippen LogP contribution is -2.38. The summed E-state index contributed by atoms with van der Waals surface area (Å²) >= 11 is 1.48. The van der Waals surface area contributed by atoms with Gasteiger partial charge in [-0.15, -0.1) is 11.3 Å². The molecule has 5 nitrogen and oxygen atoms in total. The van der Waals surface area contributed by atoms with Crippen LogP contribution in [0.2, 0.25) is 0 Å². The number of anilines is 1. The third-order valence-electron chi connectivity index (χ3n) is 3.62. The van der Waals surface area contributed by atoms with E-state index in [9.17, 15) is 9.59 Å². The van der Waals surface area contributed by atoms with E-state index in [2.05, 4.69) is 10.3 Å². The van der Waals surface area contributed by atoms with Crippen LogP contribution in [0.15, 0.2) is 24.3 Å². The highest BCUT2D eigenvalue weighted by molar-refractivity contribution is 7.15. The van der Waals surface area contributed by atoms with Crippen LogP contribution in [0.5, 0.6) is 0 Å². The Morgan fingerprint density at radius 2 is 2.24 bits per heavy atom. The number of fused-ring (bicyclic) bond motifs is 1. The average molecular weight is 301 g/mol. The molecule has 1 amide bonds. The minimum absolute atomic E-state index is 0.0598. The summed E-state index contributed by atoms with van der Waals surface area (Å²) in [5, 5.41) is 3.58. The quantitative estimate of drug-likeness (QED) is 0.847. The SMILES string of the molecule is Nc1nc2c(s1)CC(NC(=O)c1ccccc1C=O)CC2. The summed E-state index contributed by atoms with van der Waals surface area (Å²) < 4.78 is 0. The van der Waals surface area contributed by atoms with Gasteiger partial charge in [0.15, 0.2) is 11.4 Å². The predicted octanol–water partition coefficient (Wildman–Crippen LogP) is 1.83. The topological polar surface area (TPSA) is 85.1 Å². The molecule has 1 aromatic carbocycles. The van der Waals surface area contributed by atoms with Crippen molar-refractivity contribution in [1.82, 2.24) is 10.3 Å². The summed E-state index contributed by atoms with van der Waals surface area (Å²) in [5.41, 5.74) is 7.60. The van der Waals surface area contributed by atoms with Crippen LogP contribution in [0.3, 0.4) is 0 Å². The van der Waals surface area contributed by atoms with Gasteiger partial charge in [-0.25, -0.2) is 4.98 Å². The number of carbonyl (C=O) groups is 2. The average Bonchev–Trinajstić information content (AvgIpc) is 2.86. The zero-order valence-corrected chi connectivity index (χ0v) is 12.2. The smallest absolute Gasteiger partial charge is 0.252 e. The number of hydrogen-bond acceptors (Lipinski definition) is 5. The highest BCUT2D eigenvalue weighted by atomic mass is 32.1. The molecule has 0 bridgehead atoms. The maximum absolute atomic E-state index is 12.3. The number of benzene rings is 1. The molecule has 0 radical (unpaired) electrons. The summed E-state index contributed by atoms with van der Waals surface area (Å²) in [6.45, 7) is 0. The van der Waals surface area contributed by atoms with Crippen LogP contribution in [0, 0.1) is 0 Å². The van der Waals surface area contributed by atoms with E-state index >= 15 is 0 Å². The number of nitrogens with zero attached hydrogens (tertiary/aromatic N) is 1. The molecule has 0 spiro atoms. The first-order chi connectivity index (χ1) is 10.2. The Balaban J connectivity index is 1.73. The number of aldehydes is 1. The van der Waals surface area contributed by atoms with Crippen LogP contribution >= 0.6 is 11.3 Å². The predicted molar refractivity (Wildman–Crippen MR) is 81.6 cm³/mol. The van der Waals surface area contributed by atoms with E-state index in [0.717, 1.165) is 29.8 Å². The fraction of sp³-hybridized carbons (Fsp3) is 0.267. The van der Waals surface area contributed by atoms with Crippen LogP contribution in [0.1, 0.15) is 37.7 Å². The molecule has 1 aliphatic rings. The van der Waals surface area contributed by atoms with Gasteiger partial charge in [-0.05, 0) is 18.9 Å². The molecule has 1 aliphatic carbocycles. The molecule has 21 heavy (non-hydrogen) atoms. The number of rotatable bonds is 3. The fourth-order valence-electron chi connectivity index (χ4n) is 2.59. The monoisotopic (exact) mass is 301 g/mol. The standard InChI is InChI=1S/C15H15N3O2S/c16-15-18-12-6-5-10(7-13(12)21-15)17-14(20)11-4-2-1-3-9(11)8-19/h1-4,8,10H,5-7H2,(H2,16,18)(H,17,20). The molecule has 1 atom stereocenters. The van der Waals surface area contributed by atoms with Gasteiger partial charge in [0.1, 0.15) is 0 Å². The van der Waals surface area contributed by atoms with E-state index in [1.54, 1.807) is 24.3 Å². The van der Waals surface area contributed by atoms with E-state index in [-0.39, 0.29) is 11.9 Å². The molecule has 6 heteroatoms. The highest BCUT2D eigenvalue weighted by Crippen LogP contribution is 2.28. The summed E-state index contributed by atoms with van der Waals surface area (Å²) in [6, 6.07) is 6.87. The van der Waals surface area contributed by atoms with Gasteiger partial charge < -0.3 is 11.1 Å². The summed E-state index contributed by atoms with van der Waals surface area (Å²) in [7, 11) is 0. The molecular weight excluding hydrogens is 286 g/mol. The molecule has 0 saturated carbocycles. The van der Waals surface area contributed by atoms with Crippen LogP contribution < -0.4 is 11.1 Å². The first-order valence-corrected chi connectivity index (χ1v) is 7.58. The van der Waals surface area contributed by atoms with E-state index < -0.39 is 0 Å². The number of thiazole rings is 1. The lowest BCUT2D eigenvalue weighted by atomic mass is 9.97. The van der Waals surface area contributed by atoms with Crippen molar-refractivity contribution in [2.75, 3.05) is 5.73 Å². The van der Waals surface area contributed by atoms with Gasteiger partial charge >= 0.3 is 0 Å². The van der Waals surface area contributed by atoms with Gasteiger partial charge in [0.05, 0.1) is 5.69 Å². The van der Waals surface area contributed by atoms with E-state index in [1.165, 1.54) is 11.3 Å². The van der Waals surface area contributed by atoms with E-state index in [0.29, 0.717) is 22.5 Å². The van der Waals surface area contributed by atoms with Crippen molar-refractivity contribution in [2.24, 2.45) is 0 Å². The van der Waals surface area contributed by atoms with Gasteiger partial charge in [-0.2, -0.15) is 0 Å². The largest absolute Gasteiger partial charge is 0.375 e. The molecule has 3 N–H and O–H groups in total. The van der Waals surface area contributed by atoms with Gasteiger partial charge in [0.25, 0.3) is 5.91 Å². The van der Waals surface area contributed by atoms with Crippen molar-refractivity contribution in [1.29, 1.82) is 0 Å². The second-order valence-electron chi connectivity index (χ2n) is 5.04. The van der Waals surface area contributed by atoms with Gasteiger partial charge in [0, 0.05) is 28.5 Å². The number of nitrogen functional groups attached to an aromatic ring is 1. The Bertz CT molecular complexity index is 696. The normalized spacial score (nSPS) is 17.0. The maximum Gasteiger partial charge on any atom is 0.252 e. The number of hydrogen-bond donors (Lipinski definition) is 2. The van der Waals surface area contributed by atoms with Gasteiger partial charge in [0.2, 0.25) is 0 Å². The molecule has 0 fully saturated rings. The number of nitrogens with one attached hydrogen (secondary N) is 1. The molecule has 1 unspecified atom stereocenters. The van der Waals surface area contributed by atoms with Crippen molar-refractivity contribution in [3.63, 3.8) is 0 Å². The van der Waals surface area contributed by atoms with Crippen LogP contribution in [-0.4, -0.2) is 23.2 Å². The van der Waals surface area contributed by atoms with E-state index in [4.69, 9.17) is 5.73 Å². The lowest BCUT2D eigenvalue weighted by molar-refractivity contribution is 0.0928. The van der Waals surface area contributed by atoms with Crippen molar-refractivity contribution in [3.8, 4) is 0 Å². The van der Waals surface area contributed by atoms with Crippen molar-refractivity contribution >= 4 is 28.7 Å².